The average molecular weight is 183 g/mol. The Bertz CT molecular complexity index is 310. The minimum absolute atomic E-state index is 0.271. The molecular formula is C8H13N3O2. The Kier molecular flexibility index (Phi) is 3.60. The second-order valence-electron chi connectivity index (χ2n) is 2.77. The van der Waals surface area contributed by atoms with E-state index in [1.807, 2.05) is 0 Å². The lowest BCUT2D eigenvalue weighted by molar-refractivity contribution is 0.152. The van der Waals surface area contributed by atoms with Crippen LogP contribution in [0.25, 0.3) is 0 Å². The van der Waals surface area contributed by atoms with Crippen LogP contribution in [0.1, 0.15) is 0 Å². The van der Waals surface area contributed by atoms with Crippen molar-refractivity contribution in [1.82, 2.24) is 14.9 Å². The molecule has 0 saturated heterocycles. The molecule has 13 heavy (non-hydrogen) atoms. The van der Waals surface area contributed by atoms with Gasteiger partial charge < -0.3 is 10.4 Å². The fourth-order valence-electron chi connectivity index (χ4n) is 1.05. The van der Waals surface area contributed by atoms with Crippen molar-refractivity contribution in [2.75, 3.05) is 13.6 Å². The lowest BCUT2D eigenvalue weighted by atomic mass is 10.3. The van der Waals surface area contributed by atoms with Gasteiger partial charge in [-0.15, -0.1) is 0 Å². The highest BCUT2D eigenvalue weighted by atomic mass is 16.3. The van der Waals surface area contributed by atoms with E-state index in [4.69, 9.17) is 0 Å². The number of likely N-dealkylation sites (N-methyl/N-ethyl adjacent to an activating group) is 1. The van der Waals surface area contributed by atoms with Gasteiger partial charge in [0.05, 0.1) is 12.6 Å². The summed E-state index contributed by atoms with van der Waals surface area (Å²) in [5.74, 6) is 0. The summed E-state index contributed by atoms with van der Waals surface area (Å²) in [5.41, 5.74) is -0.336. The predicted molar refractivity (Wildman–Crippen MR) is 48.4 cm³/mol. The van der Waals surface area contributed by atoms with Gasteiger partial charge in [0.1, 0.15) is 0 Å². The van der Waals surface area contributed by atoms with Crippen molar-refractivity contribution in [2.24, 2.45) is 0 Å². The smallest absolute Gasteiger partial charge is 0.347 e. The van der Waals surface area contributed by atoms with Gasteiger partial charge in [-0.05, 0) is 13.1 Å². The Morgan fingerprint density at radius 2 is 2.54 bits per heavy atom. The molecule has 1 aromatic rings. The molecule has 0 aromatic carbocycles. The lowest BCUT2D eigenvalue weighted by Crippen LogP contribution is -2.32. The molecule has 0 radical (unpaired) electrons. The Balaban J connectivity index is 2.63. The maximum atomic E-state index is 11.1. The minimum Gasteiger partial charge on any atom is -0.390 e. The number of rotatable bonds is 4. The summed E-state index contributed by atoms with van der Waals surface area (Å²) in [4.78, 5) is 14.6. The molecule has 0 spiro atoms. The zero-order valence-electron chi connectivity index (χ0n) is 7.47. The first kappa shape index (κ1) is 9.88. The summed E-state index contributed by atoms with van der Waals surface area (Å²) in [7, 11) is 1.75. The van der Waals surface area contributed by atoms with E-state index in [2.05, 4.69) is 10.3 Å². The van der Waals surface area contributed by atoms with Crippen molar-refractivity contribution in [3.05, 3.63) is 28.9 Å². The predicted octanol–water partition coefficient (Wildman–Crippen LogP) is -1.18. The molecule has 0 saturated carbocycles. The zero-order chi connectivity index (χ0) is 9.68. The number of nitrogens with zero attached hydrogens (tertiary/aromatic N) is 2. The first-order chi connectivity index (χ1) is 6.24. The van der Waals surface area contributed by atoms with Crippen molar-refractivity contribution in [3.63, 3.8) is 0 Å². The van der Waals surface area contributed by atoms with E-state index in [1.54, 1.807) is 19.3 Å². The molecule has 0 bridgehead atoms. The molecule has 1 rings (SSSR count). The summed E-state index contributed by atoms with van der Waals surface area (Å²) in [5, 5.41) is 12.2. The van der Waals surface area contributed by atoms with Crippen LogP contribution in [0, 0.1) is 0 Å². The molecule has 0 fully saturated rings. The molecule has 0 aliphatic rings. The van der Waals surface area contributed by atoms with E-state index in [1.165, 1.54) is 10.8 Å². The quantitative estimate of drug-likeness (QED) is 0.617. The summed E-state index contributed by atoms with van der Waals surface area (Å²) in [6.07, 6.45) is 2.48. The third-order valence-corrected chi connectivity index (χ3v) is 1.63. The van der Waals surface area contributed by atoms with Gasteiger partial charge in [0.15, 0.2) is 0 Å². The molecular weight excluding hydrogens is 170 g/mol. The van der Waals surface area contributed by atoms with E-state index < -0.39 is 6.10 Å². The topological polar surface area (TPSA) is 67.2 Å². The maximum absolute atomic E-state index is 11.1. The monoisotopic (exact) mass is 183 g/mol. The van der Waals surface area contributed by atoms with Crippen molar-refractivity contribution < 1.29 is 5.11 Å². The van der Waals surface area contributed by atoms with Crippen LogP contribution in [0.4, 0.5) is 0 Å². The number of hydrogen-bond acceptors (Lipinski definition) is 4. The van der Waals surface area contributed by atoms with Crippen LogP contribution in [0.2, 0.25) is 0 Å². The third kappa shape index (κ3) is 2.96. The van der Waals surface area contributed by atoms with Crippen LogP contribution in [0.3, 0.4) is 0 Å². The summed E-state index contributed by atoms with van der Waals surface area (Å²) >= 11 is 0. The molecule has 0 amide bonds. The van der Waals surface area contributed by atoms with E-state index in [9.17, 15) is 9.90 Å². The van der Waals surface area contributed by atoms with E-state index in [-0.39, 0.29) is 12.2 Å². The fourth-order valence-corrected chi connectivity index (χ4v) is 1.05. The highest BCUT2D eigenvalue weighted by molar-refractivity contribution is 4.81. The summed E-state index contributed by atoms with van der Waals surface area (Å²) < 4.78 is 1.38. The first-order valence-electron chi connectivity index (χ1n) is 4.08. The normalized spacial score (nSPS) is 12.8. The molecule has 2 N–H and O–H groups in total. The van der Waals surface area contributed by atoms with Crippen LogP contribution >= 0.6 is 0 Å². The van der Waals surface area contributed by atoms with Crippen LogP contribution < -0.4 is 11.0 Å². The number of aliphatic hydroxyl groups excluding tert-OH is 1. The Morgan fingerprint density at radius 3 is 3.15 bits per heavy atom. The Morgan fingerprint density at radius 1 is 1.77 bits per heavy atom. The second kappa shape index (κ2) is 4.74. The SMILES string of the molecule is CNCC(O)Cn1cccnc1=O. The van der Waals surface area contributed by atoms with Crippen LogP contribution in [-0.2, 0) is 6.54 Å². The number of nitrogens with one attached hydrogen (secondary N) is 1. The van der Waals surface area contributed by atoms with Gasteiger partial charge in [-0.2, -0.15) is 0 Å². The number of aliphatic hydroxyl groups is 1. The van der Waals surface area contributed by atoms with Gasteiger partial charge >= 0.3 is 5.69 Å². The maximum Gasteiger partial charge on any atom is 0.347 e. The molecule has 1 atom stereocenters. The van der Waals surface area contributed by atoms with Gasteiger partial charge in [-0.3, -0.25) is 4.57 Å². The van der Waals surface area contributed by atoms with Crippen LogP contribution in [0.15, 0.2) is 23.3 Å². The summed E-state index contributed by atoms with van der Waals surface area (Å²) in [6, 6.07) is 1.66. The van der Waals surface area contributed by atoms with Gasteiger partial charge in [0.2, 0.25) is 0 Å². The average Bonchev–Trinajstić information content (AvgIpc) is 2.09. The van der Waals surface area contributed by atoms with E-state index in [0.717, 1.165) is 0 Å². The third-order valence-electron chi connectivity index (χ3n) is 1.63. The van der Waals surface area contributed by atoms with E-state index in [0.29, 0.717) is 6.54 Å². The zero-order valence-corrected chi connectivity index (χ0v) is 7.47. The lowest BCUT2D eigenvalue weighted by Gasteiger charge is -2.10. The summed E-state index contributed by atoms with van der Waals surface area (Å²) in [6.45, 7) is 0.731. The van der Waals surface area contributed by atoms with Gasteiger partial charge in [0.25, 0.3) is 0 Å². The number of hydrogen-bond donors (Lipinski definition) is 2. The van der Waals surface area contributed by atoms with Gasteiger partial charge in [-0.25, -0.2) is 9.78 Å². The fraction of sp³-hybridized carbons (Fsp3) is 0.500. The molecule has 72 valence electrons. The standard InChI is InChI=1S/C8H13N3O2/c1-9-5-7(12)6-11-4-2-3-10-8(11)13/h2-4,7,9,12H,5-6H2,1H3. The van der Waals surface area contributed by atoms with Gasteiger partial charge in [0, 0.05) is 18.9 Å². The molecule has 5 heteroatoms. The largest absolute Gasteiger partial charge is 0.390 e. The Labute approximate surface area is 76.0 Å². The van der Waals surface area contributed by atoms with Crippen molar-refractivity contribution in [1.29, 1.82) is 0 Å². The Hall–Kier alpha value is -1.20. The van der Waals surface area contributed by atoms with E-state index >= 15 is 0 Å². The van der Waals surface area contributed by atoms with Crippen molar-refractivity contribution in [2.45, 2.75) is 12.6 Å². The first-order valence-corrected chi connectivity index (χ1v) is 4.08. The van der Waals surface area contributed by atoms with Crippen LogP contribution in [0.5, 0.6) is 0 Å². The number of aromatic nitrogens is 2. The minimum atomic E-state index is -0.563. The highest BCUT2D eigenvalue weighted by Crippen LogP contribution is 1.86. The molecule has 5 nitrogen and oxygen atoms in total. The van der Waals surface area contributed by atoms with Crippen molar-refractivity contribution in [3.8, 4) is 0 Å². The van der Waals surface area contributed by atoms with Crippen LogP contribution in [-0.4, -0.2) is 34.4 Å². The molecule has 0 aliphatic heterocycles. The van der Waals surface area contributed by atoms with Gasteiger partial charge in [-0.1, -0.05) is 0 Å². The molecule has 1 aromatic heterocycles. The molecule has 1 heterocycles. The van der Waals surface area contributed by atoms with Crippen molar-refractivity contribution >= 4 is 0 Å². The molecule has 0 aliphatic carbocycles. The second-order valence-corrected chi connectivity index (χ2v) is 2.77. The highest BCUT2D eigenvalue weighted by Gasteiger charge is 2.04. The molecule has 1 unspecified atom stereocenters.